The van der Waals surface area contributed by atoms with Crippen LogP contribution in [0, 0.1) is 13.8 Å². The van der Waals surface area contributed by atoms with Crippen LogP contribution in [0.4, 0.5) is 0 Å². The summed E-state index contributed by atoms with van der Waals surface area (Å²) >= 11 is 0. The summed E-state index contributed by atoms with van der Waals surface area (Å²) in [4.78, 5) is 23.1. The predicted molar refractivity (Wildman–Crippen MR) is 105 cm³/mol. The zero-order valence-corrected chi connectivity index (χ0v) is 15.9. The molecule has 0 amide bonds. The molecule has 0 spiro atoms. The van der Waals surface area contributed by atoms with Crippen LogP contribution in [0.25, 0.3) is 11.4 Å². The highest BCUT2D eigenvalue weighted by Crippen LogP contribution is 2.15. The first-order valence-electron chi connectivity index (χ1n) is 8.98. The summed E-state index contributed by atoms with van der Waals surface area (Å²) in [6, 6.07) is 13.7. The van der Waals surface area contributed by atoms with Crippen molar-refractivity contribution in [3.8, 4) is 11.4 Å². The Labute approximate surface area is 159 Å². The van der Waals surface area contributed by atoms with E-state index in [9.17, 15) is 0 Å². The first-order valence-corrected chi connectivity index (χ1v) is 8.98. The molecule has 3 heterocycles. The summed E-state index contributed by atoms with van der Waals surface area (Å²) in [5, 5.41) is 4.16. The Kier molecular flexibility index (Phi) is 6.20. The van der Waals surface area contributed by atoms with E-state index in [1.54, 1.807) is 6.20 Å². The van der Waals surface area contributed by atoms with Crippen molar-refractivity contribution in [3.63, 3.8) is 0 Å². The van der Waals surface area contributed by atoms with Crippen LogP contribution < -0.4 is 0 Å². The average Bonchev–Trinajstić information content (AvgIpc) is 2.68. The van der Waals surface area contributed by atoms with Crippen molar-refractivity contribution >= 4 is 5.71 Å². The van der Waals surface area contributed by atoms with Crippen molar-refractivity contribution < 1.29 is 4.84 Å². The van der Waals surface area contributed by atoms with E-state index in [0.29, 0.717) is 6.61 Å². The molecule has 0 N–H and O–H groups in total. The molecule has 0 radical (unpaired) electrons. The van der Waals surface area contributed by atoms with Crippen molar-refractivity contribution in [3.05, 3.63) is 71.6 Å². The number of hydrogen-bond acceptors (Lipinski definition) is 6. The van der Waals surface area contributed by atoms with Crippen molar-refractivity contribution in [2.75, 3.05) is 6.61 Å². The third-order valence-corrected chi connectivity index (χ3v) is 3.97. The summed E-state index contributed by atoms with van der Waals surface area (Å²) in [5.41, 5.74) is 5.28. The van der Waals surface area contributed by atoms with Gasteiger partial charge in [0.15, 0.2) is 0 Å². The Balaban J connectivity index is 1.52. The van der Waals surface area contributed by atoms with Crippen LogP contribution in [0.1, 0.15) is 36.3 Å². The van der Waals surface area contributed by atoms with Gasteiger partial charge in [0, 0.05) is 17.6 Å². The Morgan fingerprint density at radius 1 is 0.963 bits per heavy atom. The number of nitrogens with zero attached hydrogens (tertiary/aromatic N) is 5. The second-order valence-electron chi connectivity index (χ2n) is 6.28. The zero-order chi connectivity index (χ0) is 19.1. The van der Waals surface area contributed by atoms with Crippen LogP contribution in [-0.4, -0.2) is 32.3 Å². The summed E-state index contributed by atoms with van der Waals surface area (Å²) < 4.78 is 0. The minimum atomic E-state index is 0.529. The van der Waals surface area contributed by atoms with Gasteiger partial charge in [0.05, 0.1) is 17.1 Å². The monoisotopic (exact) mass is 361 g/mol. The third-order valence-electron chi connectivity index (χ3n) is 3.97. The average molecular weight is 361 g/mol. The highest BCUT2D eigenvalue weighted by atomic mass is 16.6. The molecule has 0 aliphatic rings. The Morgan fingerprint density at radius 2 is 1.78 bits per heavy atom. The van der Waals surface area contributed by atoms with Crippen molar-refractivity contribution in [1.82, 2.24) is 19.9 Å². The summed E-state index contributed by atoms with van der Waals surface area (Å²) in [6.45, 7) is 6.26. The SMILES string of the molecule is CC(=NOCCCc1cccc(-c2ccnc(C)n2)n1)c1cccc(C)n1. The molecule has 0 fully saturated rings. The molecule has 0 bridgehead atoms. The van der Waals surface area contributed by atoms with Gasteiger partial charge in [-0.3, -0.25) is 9.97 Å². The van der Waals surface area contributed by atoms with Gasteiger partial charge < -0.3 is 4.84 Å². The largest absolute Gasteiger partial charge is 0.396 e. The molecule has 0 unspecified atom stereocenters. The lowest BCUT2D eigenvalue weighted by molar-refractivity contribution is 0.141. The molecule has 0 saturated heterocycles. The van der Waals surface area contributed by atoms with Gasteiger partial charge in [-0.25, -0.2) is 9.97 Å². The fraction of sp³-hybridized carbons (Fsp3) is 0.286. The van der Waals surface area contributed by atoms with Gasteiger partial charge in [0.25, 0.3) is 0 Å². The maximum atomic E-state index is 5.44. The van der Waals surface area contributed by atoms with E-state index in [1.165, 1.54) is 0 Å². The van der Waals surface area contributed by atoms with E-state index in [0.717, 1.165) is 52.8 Å². The van der Waals surface area contributed by atoms with Gasteiger partial charge in [-0.1, -0.05) is 17.3 Å². The van der Waals surface area contributed by atoms with Crippen LogP contribution in [0.5, 0.6) is 0 Å². The first kappa shape index (κ1) is 18.6. The van der Waals surface area contributed by atoms with Crippen LogP contribution >= 0.6 is 0 Å². The van der Waals surface area contributed by atoms with Gasteiger partial charge >= 0.3 is 0 Å². The Morgan fingerprint density at radius 3 is 2.59 bits per heavy atom. The molecular weight excluding hydrogens is 338 g/mol. The van der Waals surface area contributed by atoms with E-state index in [2.05, 4.69) is 25.1 Å². The maximum Gasteiger partial charge on any atom is 0.125 e. The molecule has 3 aromatic rings. The smallest absolute Gasteiger partial charge is 0.125 e. The molecule has 27 heavy (non-hydrogen) atoms. The van der Waals surface area contributed by atoms with Gasteiger partial charge in [-0.15, -0.1) is 0 Å². The minimum absolute atomic E-state index is 0.529. The van der Waals surface area contributed by atoms with Crippen LogP contribution in [-0.2, 0) is 11.3 Å². The molecule has 0 aliphatic carbocycles. The van der Waals surface area contributed by atoms with Gasteiger partial charge in [0.1, 0.15) is 18.1 Å². The van der Waals surface area contributed by atoms with Crippen LogP contribution in [0.2, 0.25) is 0 Å². The standard InChI is InChI=1S/C21H23N5O/c1-15-7-4-10-19(23-15)16(2)26-27-14-6-9-18-8-5-11-20(25-18)21-12-13-22-17(3)24-21/h4-5,7-8,10-13H,6,9,14H2,1-3H3. The van der Waals surface area contributed by atoms with Gasteiger partial charge in [-0.05, 0) is 63.9 Å². The van der Waals surface area contributed by atoms with Gasteiger partial charge in [0.2, 0.25) is 0 Å². The summed E-state index contributed by atoms with van der Waals surface area (Å²) in [7, 11) is 0. The highest BCUT2D eigenvalue weighted by molar-refractivity contribution is 5.96. The molecule has 3 aromatic heterocycles. The quantitative estimate of drug-likeness (QED) is 0.362. The summed E-state index contributed by atoms with van der Waals surface area (Å²) in [6.07, 6.45) is 3.40. The van der Waals surface area contributed by atoms with Crippen molar-refractivity contribution in [2.24, 2.45) is 5.16 Å². The van der Waals surface area contributed by atoms with Crippen molar-refractivity contribution in [1.29, 1.82) is 0 Å². The number of oxime groups is 1. The molecule has 0 saturated carbocycles. The second kappa shape index (κ2) is 8.98. The van der Waals surface area contributed by atoms with E-state index in [-0.39, 0.29) is 0 Å². The number of hydrogen-bond donors (Lipinski definition) is 0. The predicted octanol–water partition coefficient (Wildman–Crippen LogP) is 3.92. The molecule has 0 atom stereocenters. The lowest BCUT2D eigenvalue weighted by Gasteiger charge is -2.05. The van der Waals surface area contributed by atoms with E-state index < -0.39 is 0 Å². The van der Waals surface area contributed by atoms with Crippen molar-refractivity contribution in [2.45, 2.75) is 33.6 Å². The zero-order valence-electron chi connectivity index (χ0n) is 15.9. The van der Waals surface area contributed by atoms with Crippen LogP contribution in [0.15, 0.2) is 53.8 Å². The lowest BCUT2D eigenvalue weighted by atomic mass is 10.2. The molecule has 6 heteroatoms. The molecule has 3 rings (SSSR count). The molecule has 138 valence electrons. The van der Waals surface area contributed by atoms with E-state index in [4.69, 9.17) is 4.84 Å². The number of aryl methyl sites for hydroxylation is 3. The normalized spacial score (nSPS) is 11.4. The van der Waals surface area contributed by atoms with E-state index in [1.807, 2.05) is 63.2 Å². The fourth-order valence-corrected chi connectivity index (χ4v) is 2.61. The molecule has 0 aromatic carbocycles. The van der Waals surface area contributed by atoms with Gasteiger partial charge in [-0.2, -0.15) is 0 Å². The highest BCUT2D eigenvalue weighted by Gasteiger charge is 2.04. The minimum Gasteiger partial charge on any atom is -0.396 e. The number of rotatable bonds is 7. The second-order valence-corrected chi connectivity index (χ2v) is 6.28. The molecule has 0 aliphatic heterocycles. The number of pyridine rings is 2. The summed E-state index contributed by atoms with van der Waals surface area (Å²) in [5.74, 6) is 0.740. The maximum absolute atomic E-state index is 5.44. The van der Waals surface area contributed by atoms with Crippen LogP contribution in [0.3, 0.4) is 0 Å². The Hall–Kier alpha value is -3.15. The first-order chi connectivity index (χ1) is 13.1. The molecular formula is C21H23N5O. The lowest BCUT2D eigenvalue weighted by Crippen LogP contribution is -2.02. The molecule has 6 nitrogen and oxygen atoms in total. The third kappa shape index (κ3) is 5.41. The topological polar surface area (TPSA) is 73.2 Å². The number of aromatic nitrogens is 4. The Bertz CT molecular complexity index is 939. The van der Waals surface area contributed by atoms with E-state index >= 15 is 0 Å². The fourth-order valence-electron chi connectivity index (χ4n) is 2.61.